The Labute approximate surface area is 167 Å². The molecule has 8 heteroatoms. The van der Waals surface area contributed by atoms with Gasteiger partial charge in [0.25, 0.3) is 0 Å². The second-order valence-electron chi connectivity index (χ2n) is 5.60. The molecule has 1 unspecified atom stereocenters. The van der Waals surface area contributed by atoms with E-state index in [0.717, 1.165) is 0 Å². The molecule has 0 fully saturated rings. The van der Waals surface area contributed by atoms with Gasteiger partial charge >= 0.3 is 11.9 Å². The van der Waals surface area contributed by atoms with E-state index in [1.165, 1.54) is 0 Å². The van der Waals surface area contributed by atoms with Crippen LogP contribution < -0.4 is 11.1 Å². The van der Waals surface area contributed by atoms with Gasteiger partial charge in [-0.1, -0.05) is 47.5 Å². The van der Waals surface area contributed by atoms with E-state index < -0.39 is 18.0 Å². The fourth-order valence-corrected chi connectivity index (χ4v) is 2.75. The van der Waals surface area contributed by atoms with Crippen molar-refractivity contribution in [3.05, 3.63) is 58.1 Å². The van der Waals surface area contributed by atoms with E-state index in [2.05, 4.69) is 5.32 Å². The molecule has 0 aliphatic rings. The zero-order chi connectivity index (χ0) is 19.8. The summed E-state index contributed by atoms with van der Waals surface area (Å²) in [5, 5.41) is 4.06. The average molecular weight is 411 g/mol. The van der Waals surface area contributed by atoms with Crippen LogP contribution in [0.3, 0.4) is 0 Å². The molecule has 0 spiro atoms. The first-order chi connectivity index (χ1) is 12.9. The summed E-state index contributed by atoms with van der Waals surface area (Å²) in [6.07, 6.45) is -0.0131. The molecule has 0 aromatic heterocycles. The molecule has 0 amide bonds. The van der Waals surface area contributed by atoms with E-state index in [1.807, 2.05) is 6.07 Å². The molecule has 2 aromatic rings. The third kappa shape index (κ3) is 6.13. The van der Waals surface area contributed by atoms with E-state index in [4.69, 9.17) is 38.4 Å². The Kier molecular flexibility index (Phi) is 7.91. The van der Waals surface area contributed by atoms with Crippen LogP contribution in [-0.2, 0) is 25.5 Å². The topological polar surface area (TPSA) is 90.7 Å². The van der Waals surface area contributed by atoms with Gasteiger partial charge in [-0.15, -0.1) is 0 Å². The summed E-state index contributed by atoms with van der Waals surface area (Å²) in [5.41, 5.74) is 7.51. The number of para-hydroxylation sites is 2. The Morgan fingerprint density at radius 1 is 1.07 bits per heavy atom. The lowest BCUT2D eigenvalue weighted by Gasteiger charge is -2.15. The molecule has 27 heavy (non-hydrogen) atoms. The lowest BCUT2D eigenvalue weighted by atomic mass is 10.1. The Bertz CT molecular complexity index is 794. The Balaban J connectivity index is 2.03. The number of benzene rings is 2. The van der Waals surface area contributed by atoms with E-state index in [0.29, 0.717) is 27.0 Å². The number of nitrogens with one attached hydrogen (secondary N) is 1. The number of hydrogen-bond donors (Lipinski definition) is 2. The molecular formula is C19H20Cl2N2O4. The minimum absolute atomic E-state index is 0.0131. The number of hydrogen-bond acceptors (Lipinski definition) is 6. The predicted octanol–water partition coefficient (Wildman–Crippen LogP) is 3.71. The highest BCUT2D eigenvalue weighted by Crippen LogP contribution is 2.33. The van der Waals surface area contributed by atoms with Crippen molar-refractivity contribution in [2.75, 3.05) is 18.5 Å². The standard InChI is InChI=1S/C19H20Cl2N2O4/c1-2-26-19(25)15(22)11-27-17(24)10-12-6-3-4-9-16(12)23-18-13(20)7-5-8-14(18)21/h3-9,15,23H,2,10-11,22H2,1H3. The van der Waals surface area contributed by atoms with Crippen molar-refractivity contribution in [3.63, 3.8) is 0 Å². The molecular weight excluding hydrogens is 391 g/mol. The number of anilines is 2. The minimum Gasteiger partial charge on any atom is -0.465 e. The summed E-state index contributed by atoms with van der Waals surface area (Å²) < 4.78 is 9.86. The van der Waals surface area contributed by atoms with Gasteiger partial charge in [-0.05, 0) is 30.7 Å². The number of ether oxygens (including phenoxy) is 2. The first kappa shape index (κ1) is 21.0. The molecule has 0 aliphatic carbocycles. The van der Waals surface area contributed by atoms with E-state index in [9.17, 15) is 9.59 Å². The number of esters is 2. The zero-order valence-electron chi connectivity index (χ0n) is 14.7. The predicted molar refractivity (Wildman–Crippen MR) is 105 cm³/mol. The van der Waals surface area contributed by atoms with Crippen LogP contribution in [0.4, 0.5) is 11.4 Å². The monoisotopic (exact) mass is 410 g/mol. The van der Waals surface area contributed by atoms with Gasteiger partial charge in [-0.25, -0.2) is 0 Å². The maximum Gasteiger partial charge on any atom is 0.326 e. The lowest BCUT2D eigenvalue weighted by molar-refractivity contribution is -0.150. The highest BCUT2D eigenvalue weighted by atomic mass is 35.5. The van der Waals surface area contributed by atoms with E-state index >= 15 is 0 Å². The fourth-order valence-electron chi connectivity index (χ4n) is 2.25. The molecule has 0 bridgehead atoms. The van der Waals surface area contributed by atoms with Crippen molar-refractivity contribution in [1.82, 2.24) is 0 Å². The number of rotatable bonds is 8. The number of halogens is 2. The van der Waals surface area contributed by atoms with Crippen LogP contribution in [0.2, 0.25) is 10.0 Å². The van der Waals surface area contributed by atoms with Gasteiger partial charge in [0.2, 0.25) is 0 Å². The third-order valence-corrected chi connectivity index (χ3v) is 4.22. The van der Waals surface area contributed by atoms with E-state index in [-0.39, 0.29) is 19.6 Å². The van der Waals surface area contributed by atoms with Gasteiger partial charge in [0.15, 0.2) is 0 Å². The molecule has 2 rings (SSSR count). The molecule has 144 valence electrons. The van der Waals surface area contributed by atoms with Crippen LogP contribution in [0.15, 0.2) is 42.5 Å². The van der Waals surface area contributed by atoms with Crippen molar-refractivity contribution in [2.45, 2.75) is 19.4 Å². The highest BCUT2D eigenvalue weighted by Gasteiger charge is 2.18. The Morgan fingerprint density at radius 2 is 1.74 bits per heavy atom. The smallest absolute Gasteiger partial charge is 0.326 e. The van der Waals surface area contributed by atoms with Crippen LogP contribution in [-0.4, -0.2) is 31.2 Å². The van der Waals surface area contributed by atoms with Gasteiger partial charge in [-0.3, -0.25) is 9.59 Å². The molecule has 0 radical (unpaired) electrons. The van der Waals surface area contributed by atoms with Gasteiger partial charge < -0.3 is 20.5 Å². The molecule has 2 aromatic carbocycles. The molecule has 0 saturated carbocycles. The number of carbonyl (C=O) groups is 2. The van der Waals surface area contributed by atoms with Crippen molar-refractivity contribution in [1.29, 1.82) is 0 Å². The van der Waals surface area contributed by atoms with Crippen molar-refractivity contribution in [3.8, 4) is 0 Å². The van der Waals surface area contributed by atoms with Crippen LogP contribution in [0, 0.1) is 0 Å². The van der Waals surface area contributed by atoms with Gasteiger partial charge in [-0.2, -0.15) is 0 Å². The van der Waals surface area contributed by atoms with Crippen LogP contribution >= 0.6 is 23.2 Å². The molecule has 3 N–H and O–H groups in total. The minimum atomic E-state index is -1.01. The zero-order valence-corrected chi connectivity index (χ0v) is 16.2. The maximum atomic E-state index is 12.1. The molecule has 0 heterocycles. The Morgan fingerprint density at radius 3 is 2.41 bits per heavy atom. The molecule has 6 nitrogen and oxygen atoms in total. The first-order valence-electron chi connectivity index (χ1n) is 8.29. The van der Waals surface area contributed by atoms with Crippen LogP contribution in [0.25, 0.3) is 0 Å². The first-order valence-corrected chi connectivity index (χ1v) is 9.04. The normalized spacial score (nSPS) is 11.6. The van der Waals surface area contributed by atoms with Crippen molar-refractivity contribution in [2.24, 2.45) is 5.73 Å². The number of carbonyl (C=O) groups excluding carboxylic acids is 2. The second-order valence-corrected chi connectivity index (χ2v) is 6.41. The summed E-state index contributed by atoms with van der Waals surface area (Å²) in [5.74, 6) is -1.13. The summed E-state index contributed by atoms with van der Waals surface area (Å²) in [6.45, 7) is 1.64. The fraction of sp³-hybridized carbons (Fsp3) is 0.263. The Hall–Kier alpha value is -2.28. The van der Waals surface area contributed by atoms with Gasteiger partial charge in [0, 0.05) is 5.69 Å². The van der Waals surface area contributed by atoms with Gasteiger partial charge in [0.1, 0.15) is 12.6 Å². The summed E-state index contributed by atoms with van der Waals surface area (Å²) in [4.78, 5) is 23.6. The van der Waals surface area contributed by atoms with Crippen molar-refractivity contribution >= 4 is 46.5 Å². The summed E-state index contributed by atoms with van der Waals surface area (Å²) in [6, 6.07) is 11.3. The largest absolute Gasteiger partial charge is 0.465 e. The summed E-state index contributed by atoms with van der Waals surface area (Å²) >= 11 is 12.4. The van der Waals surface area contributed by atoms with Crippen molar-refractivity contribution < 1.29 is 19.1 Å². The van der Waals surface area contributed by atoms with Gasteiger partial charge in [0.05, 0.1) is 28.8 Å². The highest BCUT2D eigenvalue weighted by molar-refractivity contribution is 6.39. The second kappa shape index (κ2) is 10.2. The molecule has 1 atom stereocenters. The third-order valence-electron chi connectivity index (χ3n) is 3.59. The lowest BCUT2D eigenvalue weighted by Crippen LogP contribution is -2.37. The SMILES string of the molecule is CCOC(=O)C(N)COC(=O)Cc1ccccc1Nc1c(Cl)cccc1Cl. The average Bonchev–Trinajstić information content (AvgIpc) is 2.64. The van der Waals surface area contributed by atoms with E-state index in [1.54, 1.807) is 43.3 Å². The molecule has 0 aliphatic heterocycles. The van der Waals surface area contributed by atoms with Crippen LogP contribution in [0.1, 0.15) is 12.5 Å². The quantitative estimate of drug-likeness (QED) is 0.644. The molecule has 0 saturated heterocycles. The summed E-state index contributed by atoms with van der Waals surface area (Å²) in [7, 11) is 0. The number of nitrogens with two attached hydrogens (primary N) is 1. The van der Waals surface area contributed by atoms with Crippen LogP contribution in [0.5, 0.6) is 0 Å². The maximum absolute atomic E-state index is 12.1.